The molecule has 0 saturated heterocycles. The van der Waals surface area contributed by atoms with Crippen LogP contribution in [0.4, 0.5) is 4.79 Å². The summed E-state index contributed by atoms with van der Waals surface area (Å²) in [6, 6.07) is 25.6. The van der Waals surface area contributed by atoms with Crippen molar-refractivity contribution in [1.82, 2.24) is 5.32 Å². The van der Waals surface area contributed by atoms with Crippen LogP contribution in [0.15, 0.2) is 91.0 Å². The van der Waals surface area contributed by atoms with Gasteiger partial charge in [0.2, 0.25) is 0 Å². The highest BCUT2D eigenvalue weighted by atomic mass is 16.6. The zero-order valence-electron chi connectivity index (χ0n) is 19.3. The van der Waals surface area contributed by atoms with Gasteiger partial charge in [0.15, 0.2) is 5.60 Å². The van der Waals surface area contributed by atoms with Crippen LogP contribution < -0.4 is 5.32 Å². The summed E-state index contributed by atoms with van der Waals surface area (Å²) in [6.45, 7) is 9.28. The molecule has 33 heavy (non-hydrogen) atoms. The van der Waals surface area contributed by atoms with Crippen molar-refractivity contribution in [1.29, 1.82) is 0 Å². The molecule has 0 aliphatic rings. The fourth-order valence-corrected chi connectivity index (χ4v) is 3.52. The highest BCUT2D eigenvalue weighted by Gasteiger charge is 2.40. The Morgan fingerprint density at radius 1 is 0.818 bits per heavy atom. The second-order valence-corrected chi connectivity index (χ2v) is 8.01. The minimum atomic E-state index is -1.17. The number of ether oxygens (including phenoxy) is 2. The van der Waals surface area contributed by atoms with Gasteiger partial charge in [-0.25, -0.2) is 9.59 Å². The highest BCUT2D eigenvalue weighted by molar-refractivity contribution is 5.86. The molecule has 5 heteroatoms. The lowest BCUT2D eigenvalue weighted by atomic mass is 9.79. The molecule has 0 bridgehead atoms. The van der Waals surface area contributed by atoms with Crippen LogP contribution >= 0.6 is 0 Å². The number of amides is 1. The molecule has 0 aliphatic carbocycles. The van der Waals surface area contributed by atoms with E-state index in [1.807, 2.05) is 92.7 Å². The van der Waals surface area contributed by atoms with Crippen LogP contribution in [0.3, 0.4) is 0 Å². The van der Waals surface area contributed by atoms with E-state index in [2.05, 4.69) is 11.9 Å². The second-order valence-electron chi connectivity index (χ2n) is 8.01. The van der Waals surface area contributed by atoms with E-state index in [1.54, 1.807) is 6.92 Å². The van der Waals surface area contributed by atoms with Gasteiger partial charge in [-0.2, -0.15) is 0 Å². The SMILES string of the molecule is C=C(C)C(=O)OCCNC(=O)OC(c1ccccc1)(c1ccc(C)cc1)c1ccc(C)cc1. The van der Waals surface area contributed by atoms with E-state index < -0.39 is 17.7 Å². The molecule has 3 aromatic carbocycles. The minimum Gasteiger partial charge on any atom is -0.460 e. The first-order valence-electron chi connectivity index (χ1n) is 10.8. The maximum atomic E-state index is 13.0. The second kappa shape index (κ2) is 10.6. The van der Waals surface area contributed by atoms with Gasteiger partial charge in [-0.1, -0.05) is 96.6 Å². The first-order valence-corrected chi connectivity index (χ1v) is 10.8. The van der Waals surface area contributed by atoms with Gasteiger partial charge in [-0.3, -0.25) is 0 Å². The first kappa shape index (κ1) is 23.8. The van der Waals surface area contributed by atoms with Gasteiger partial charge in [0.25, 0.3) is 0 Å². The van der Waals surface area contributed by atoms with Crippen molar-refractivity contribution in [3.8, 4) is 0 Å². The molecule has 5 nitrogen and oxygen atoms in total. The number of aryl methyl sites for hydroxylation is 2. The average molecular weight is 444 g/mol. The number of carbonyl (C=O) groups is 2. The predicted octanol–water partition coefficient (Wildman–Crippen LogP) is 5.44. The maximum absolute atomic E-state index is 13.0. The predicted molar refractivity (Wildman–Crippen MR) is 129 cm³/mol. The van der Waals surface area contributed by atoms with E-state index in [-0.39, 0.29) is 13.2 Å². The van der Waals surface area contributed by atoms with Gasteiger partial charge >= 0.3 is 12.1 Å². The fourth-order valence-electron chi connectivity index (χ4n) is 3.52. The molecule has 0 saturated carbocycles. The smallest absolute Gasteiger partial charge is 0.408 e. The molecule has 3 rings (SSSR count). The normalized spacial score (nSPS) is 10.9. The summed E-state index contributed by atoms with van der Waals surface area (Å²) < 4.78 is 11.3. The topological polar surface area (TPSA) is 64.6 Å². The number of hydrogen-bond acceptors (Lipinski definition) is 4. The molecule has 0 heterocycles. The molecular formula is C28H29NO4. The van der Waals surface area contributed by atoms with Gasteiger partial charge in [0.1, 0.15) is 6.61 Å². The molecule has 0 atom stereocenters. The number of alkyl carbamates (subject to hydrolysis) is 1. The number of nitrogens with one attached hydrogen (secondary N) is 1. The summed E-state index contributed by atoms with van der Waals surface area (Å²) >= 11 is 0. The van der Waals surface area contributed by atoms with Gasteiger partial charge in [-0.05, 0) is 20.8 Å². The third-order valence-electron chi connectivity index (χ3n) is 5.30. The van der Waals surface area contributed by atoms with E-state index in [0.717, 1.165) is 27.8 Å². The van der Waals surface area contributed by atoms with Crippen molar-refractivity contribution in [2.45, 2.75) is 26.4 Å². The van der Waals surface area contributed by atoms with E-state index in [4.69, 9.17) is 9.47 Å². The van der Waals surface area contributed by atoms with Crippen LogP contribution in [0, 0.1) is 13.8 Å². The molecule has 0 aliphatic heterocycles. The molecule has 0 unspecified atom stereocenters. The Kier molecular flexibility index (Phi) is 7.67. The lowest BCUT2D eigenvalue weighted by molar-refractivity contribution is -0.138. The number of benzene rings is 3. The lowest BCUT2D eigenvalue weighted by Crippen LogP contribution is -2.40. The largest absolute Gasteiger partial charge is 0.460 e. The Morgan fingerprint density at radius 3 is 1.79 bits per heavy atom. The van der Waals surface area contributed by atoms with Crippen LogP contribution in [-0.4, -0.2) is 25.2 Å². The quantitative estimate of drug-likeness (QED) is 0.218. The summed E-state index contributed by atoms with van der Waals surface area (Å²) in [4.78, 5) is 24.6. The Bertz CT molecular complexity index is 1060. The summed E-state index contributed by atoms with van der Waals surface area (Å²) in [5.74, 6) is -0.497. The monoisotopic (exact) mass is 443 g/mol. The van der Waals surface area contributed by atoms with E-state index in [9.17, 15) is 9.59 Å². The zero-order valence-corrected chi connectivity index (χ0v) is 19.3. The summed E-state index contributed by atoms with van der Waals surface area (Å²) in [6.07, 6.45) is -0.619. The van der Waals surface area contributed by atoms with E-state index in [0.29, 0.717) is 5.57 Å². The molecule has 1 amide bonds. The van der Waals surface area contributed by atoms with Crippen LogP contribution in [0.25, 0.3) is 0 Å². The molecule has 0 aromatic heterocycles. The van der Waals surface area contributed by atoms with E-state index in [1.165, 1.54) is 0 Å². The third kappa shape index (κ3) is 5.69. The van der Waals surface area contributed by atoms with Crippen molar-refractivity contribution >= 4 is 12.1 Å². The Labute approximate surface area is 195 Å². The fraction of sp³-hybridized carbons (Fsp3) is 0.214. The molecule has 0 fully saturated rings. The Morgan fingerprint density at radius 2 is 1.30 bits per heavy atom. The maximum Gasteiger partial charge on any atom is 0.408 e. The zero-order chi connectivity index (χ0) is 23.8. The highest BCUT2D eigenvalue weighted by Crippen LogP contribution is 2.40. The first-order chi connectivity index (χ1) is 15.8. The molecule has 0 radical (unpaired) electrons. The van der Waals surface area contributed by atoms with Crippen molar-refractivity contribution in [2.24, 2.45) is 0 Å². The molecule has 3 aromatic rings. The summed E-state index contributed by atoms with van der Waals surface area (Å²) in [5.41, 5.74) is 3.82. The minimum absolute atomic E-state index is 0.0220. The molecular weight excluding hydrogens is 414 g/mol. The number of rotatable bonds is 8. The van der Waals surface area contributed by atoms with Crippen LogP contribution in [0.1, 0.15) is 34.7 Å². The lowest BCUT2D eigenvalue weighted by Gasteiger charge is -2.35. The van der Waals surface area contributed by atoms with E-state index >= 15 is 0 Å². The summed E-state index contributed by atoms with van der Waals surface area (Å²) in [7, 11) is 0. The van der Waals surface area contributed by atoms with Crippen LogP contribution in [0.2, 0.25) is 0 Å². The van der Waals surface area contributed by atoms with Crippen molar-refractivity contribution in [3.05, 3.63) is 119 Å². The Balaban J connectivity index is 1.98. The number of carbonyl (C=O) groups excluding carboxylic acids is 2. The van der Waals surface area contributed by atoms with Crippen molar-refractivity contribution in [2.75, 3.05) is 13.2 Å². The molecule has 1 N–H and O–H groups in total. The van der Waals surface area contributed by atoms with Crippen LogP contribution in [-0.2, 0) is 19.9 Å². The molecule has 0 spiro atoms. The van der Waals surface area contributed by atoms with Gasteiger partial charge in [0.05, 0.1) is 6.54 Å². The average Bonchev–Trinajstić information content (AvgIpc) is 2.82. The van der Waals surface area contributed by atoms with Gasteiger partial charge in [-0.15, -0.1) is 0 Å². The van der Waals surface area contributed by atoms with Crippen molar-refractivity contribution < 1.29 is 19.1 Å². The van der Waals surface area contributed by atoms with Crippen molar-refractivity contribution in [3.63, 3.8) is 0 Å². The van der Waals surface area contributed by atoms with Crippen LogP contribution in [0.5, 0.6) is 0 Å². The van der Waals surface area contributed by atoms with Gasteiger partial charge < -0.3 is 14.8 Å². The Hall–Kier alpha value is -3.86. The molecule has 170 valence electrons. The standard InChI is InChI=1S/C28H29NO4/c1-20(2)26(30)32-19-18-29-27(31)33-28(23-8-6-5-7-9-23,24-14-10-21(3)11-15-24)25-16-12-22(4)13-17-25/h5-17H,1,18-19H2,2-4H3,(H,29,31). The number of hydrogen-bond donors (Lipinski definition) is 1. The van der Waals surface area contributed by atoms with Gasteiger partial charge in [0, 0.05) is 22.3 Å². The summed E-state index contributed by atoms with van der Waals surface area (Å²) in [5, 5.41) is 2.70. The number of esters is 1. The third-order valence-corrected chi connectivity index (χ3v) is 5.30.